The zero-order valence-electron chi connectivity index (χ0n) is 8.73. The molecule has 1 N–H and O–H groups in total. The third kappa shape index (κ3) is 2.12. The molecule has 88 valence electrons. The molecule has 1 aromatic heterocycles. The Balaban J connectivity index is 2.01. The van der Waals surface area contributed by atoms with Crippen LogP contribution in [0.4, 0.5) is 9.18 Å². The highest BCUT2D eigenvalue weighted by Crippen LogP contribution is 2.29. The number of alkyl halides is 1. The van der Waals surface area contributed by atoms with Gasteiger partial charge in [0.05, 0.1) is 6.04 Å². The number of hydrogen-bond acceptors (Lipinski definition) is 4. The van der Waals surface area contributed by atoms with E-state index in [1.54, 1.807) is 4.90 Å². The Kier molecular flexibility index (Phi) is 3.33. The summed E-state index contributed by atoms with van der Waals surface area (Å²) in [7, 11) is 0. The highest BCUT2D eigenvalue weighted by molar-refractivity contribution is 5.74. The largest absolute Gasteiger partial charge is 0.343 e. The molecule has 1 fully saturated rings. The Morgan fingerprint density at radius 2 is 2.62 bits per heavy atom. The number of aromatic nitrogens is 2. The first-order chi connectivity index (χ1) is 7.83. The van der Waals surface area contributed by atoms with Crippen LogP contribution in [0.25, 0.3) is 0 Å². The third-order valence-electron chi connectivity index (χ3n) is 2.56. The Morgan fingerprint density at radius 1 is 1.75 bits per heavy atom. The van der Waals surface area contributed by atoms with Gasteiger partial charge in [0.1, 0.15) is 6.67 Å². The van der Waals surface area contributed by atoms with Crippen LogP contribution in [-0.4, -0.2) is 40.8 Å². The maximum Gasteiger partial charge on any atom is 0.318 e. The van der Waals surface area contributed by atoms with Crippen molar-refractivity contribution in [3.8, 4) is 0 Å². The standard InChI is InChI=1S/C9H13FN4O2/c10-3-4-11-9(15)14-5-1-2-7(14)8-12-6-16-13-8/h6-7H,1-5H2,(H,11,15). The van der Waals surface area contributed by atoms with Crippen molar-refractivity contribution in [2.24, 2.45) is 0 Å². The summed E-state index contributed by atoms with van der Waals surface area (Å²) in [5, 5.41) is 6.22. The summed E-state index contributed by atoms with van der Waals surface area (Å²) in [4.78, 5) is 17.2. The summed E-state index contributed by atoms with van der Waals surface area (Å²) < 4.78 is 16.6. The first-order valence-electron chi connectivity index (χ1n) is 5.19. The van der Waals surface area contributed by atoms with Gasteiger partial charge in [-0.2, -0.15) is 4.98 Å². The number of hydrogen-bond donors (Lipinski definition) is 1. The fourth-order valence-electron chi connectivity index (χ4n) is 1.86. The predicted octanol–water partition coefficient (Wildman–Crippen LogP) is 0.886. The van der Waals surface area contributed by atoms with Gasteiger partial charge in [0.15, 0.2) is 5.82 Å². The van der Waals surface area contributed by atoms with Crippen LogP contribution in [-0.2, 0) is 0 Å². The van der Waals surface area contributed by atoms with E-state index in [2.05, 4.69) is 20.0 Å². The molecule has 2 rings (SSSR count). The molecule has 0 aromatic carbocycles. The van der Waals surface area contributed by atoms with E-state index in [0.29, 0.717) is 12.4 Å². The number of halogens is 1. The lowest BCUT2D eigenvalue weighted by molar-refractivity contribution is 0.189. The number of rotatable bonds is 3. The maximum absolute atomic E-state index is 11.9. The summed E-state index contributed by atoms with van der Waals surface area (Å²) in [6.07, 6.45) is 2.94. The van der Waals surface area contributed by atoms with Gasteiger partial charge in [-0.15, -0.1) is 0 Å². The lowest BCUT2D eigenvalue weighted by Gasteiger charge is -2.22. The average molecular weight is 228 g/mol. The predicted molar refractivity (Wildman–Crippen MR) is 52.4 cm³/mol. The molecule has 1 atom stereocenters. The van der Waals surface area contributed by atoms with Gasteiger partial charge in [-0.05, 0) is 12.8 Å². The molecule has 7 heteroatoms. The number of nitrogens with one attached hydrogen (secondary N) is 1. The molecule has 2 heterocycles. The minimum Gasteiger partial charge on any atom is -0.343 e. The van der Waals surface area contributed by atoms with E-state index in [1.165, 1.54) is 6.39 Å². The van der Waals surface area contributed by atoms with Gasteiger partial charge in [0, 0.05) is 13.1 Å². The van der Waals surface area contributed by atoms with E-state index >= 15 is 0 Å². The molecule has 0 spiro atoms. The van der Waals surface area contributed by atoms with Crippen LogP contribution in [0, 0.1) is 0 Å². The van der Waals surface area contributed by atoms with Crippen molar-refractivity contribution in [2.75, 3.05) is 19.8 Å². The zero-order valence-corrected chi connectivity index (χ0v) is 8.73. The molecule has 1 saturated heterocycles. The summed E-state index contributed by atoms with van der Waals surface area (Å²) in [5.41, 5.74) is 0. The van der Waals surface area contributed by atoms with E-state index in [9.17, 15) is 9.18 Å². The smallest absolute Gasteiger partial charge is 0.318 e. The Labute approximate surface area is 91.8 Å². The van der Waals surface area contributed by atoms with Crippen LogP contribution >= 0.6 is 0 Å². The molecule has 2 amide bonds. The number of likely N-dealkylation sites (tertiary alicyclic amines) is 1. The van der Waals surface area contributed by atoms with Gasteiger partial charge < -0.3 is 14.7 Å². The van der Waals surface area contributed by atoms with E-state index in [1.807, 2.05) is 0 Å². The van der Waals surface area contributed by atoms with Crippen molar-refractivity contribution in [2.45, 2.75) is 18.9 Å². The van der Waals surface area contributed by atoms with Crippen LogP contribution < -0.4 is 5.32 Å². The summed E-state index contributed by atoms with van der Waals surface area (Å²) in [6, 6.07) is -0.427. The molecule has 1 aromatic rings. The summed E-state index contributed by atoms with van der Waals surface area (Å²) in [6.45, 7) is 0.109. The third-order valence-corrected chi connectivity index (χ3v) is 2.56. The van der Waals surface area contributed by atoms with Gasteiger partial charge in [-0.25, -0.2) is 9.18 Å². The second kappa shape index (κ2) is 4.91. The van der Waals surface area contributed by atoms with Crippen LogP contribution in [0.2, 0.25) is 0 Å². The van der Waals surface area contributed by atoms with Gasteiger partial charge in [0.2, 0.25) is 6.39 Å². The van der Waals surface area contributed by atoms with Crippen molar-refractivity contribution in [3.63, 3.8) is 0 Å². The van der Waals surface area contributed by atoms with Gasteiger partial charge in [-0.1, -0.05) is 5.16 Å². The lowest BCUT2D eigenvalue weighted by Crippen LogP contribution is -2.40. The van der Waals surface area contributed by atoms with Crippen LogP contribution in [0.15, 0.2) is 10.9 Å². The quantitative estimate of drug-likeness (QED) is 0.833. The molecule has 0 bridgehead atoms. The van der Waals surface area contributed by atoms with Gasteiger partial charge >= 0.3 is 6.03 Å². The molecule has 16 heavy (non-hydrogen) atoms. The van der Waals surface area contributed by atoms with E-state index in [-0.39, 0.29) is 18.6 Å². The minimum absolute atomic E-state index is 0.0360. The maximum atomic E-state index is 11.9. The van der Waals surface area contributed by atoms with E-state index in [4.69, 9.17) is 0 Å². The number of carbonyl (C=O) groups is 1. The topological polar surface area (TPSA) is 71.3 Å². The van der Waals surface area contributed by atoms with Crippen LogP contribution in [0.3, 0.4) is 0 Å². The number of nitrogens with zero attached hydrogens (tertiary/aromatic N) is 3. The SMILES string of the molecule is O=C(NCCF)N1CCCC1c1ncon1. The Bertz CT molecular complexity index is 343. The fraction of sp³-hybridized carbons (Fsp3) is 0.667. The second-order valence-electron chi connectivity index (χ2n) is 3.56. The second-order valence-corrected chi connectivity index (χ2v) is 3.56. The highest BCUT2D eigenvalue weighted by Gasteiger charge is 2.32. The van der Waals surface area contributed by atoms with Crippen LogP contribution in [0.5, 0.6) is 0 Å². The van der Waals surface area contributed by atoms with Crippen molar-refractivity contribution < 1.29 is 13.7 Å². The fourth-order valence-corrected chi connectivity index (χ4v) is 1.86. The monoisotopic (exact) mass is 228 g/mol. The van der Waals surface area contributed by atoms with Crippen molar-refractivity contribution in [3.05, 3.63) is 12.2 Å². The first kappa shape index (κ1) is 10.8. The molecule has 1 aliphatic rings. The van der Waals surface area contributed by atoms with E-state index < -0.39 is 6.67 Å². The number of urea groups is 1. The number of carbonyl (C=O) groups excluding carboxylic acids is 1. The molecule has 1 aliphatic heterocycles. The van der Waals surface area contributed by atoms with E-state index in [0.717, 1.165) is 12.8 Å². The first-order valence-corrected chi connectivity index (χ1v) is 5.19. The molecular weight excluding hydrogens is 215 g/mol. The number of amides is 2. The lowest BCUT2D eigenvalue weighted by atomic mass is 10.2. The van der Waals surface area contributed by atoms with Crippen molar-refractivity contribution in [1.82, 2.24) is 20.4 Å². The van der Waals surface area contributed by atoms with Crippen molar-refractivity contribution in [1.29, 1.82) is 0 Å². The summed E-state index contributed by atoms with van der Waals surface area (Å²) in [5.74, 6) is 0.507. The molecular formula is C9H13FN4O2. The zero-order chi connectivity index (χ0) is 11.4. The normalized spacial score (nSPS) is 20.1. The van der Waals surface area contributed by atoms with Crippen LogP contribution in [0.1, 0.15) is 24.7 Å². The molecule has 0 saturated carbocycles. The molecule has 0 radical (unpaired) electrons. The van der Waals surface area contributed by atoms with Gasteiger partial charge in [0.25, 0.3) is 0 Å². The highest BCUT2D eigenvalue weighted by atomic mass is 19.1. The average Bonchev–Trinajstić information content (AvgIpc) is 2.94. The Hall–Kier alpha value is -1.66. The molecule has 0 aliphatic carbocycles. The van der Waals surface area contributed by atoms with Gasteiger partial charge in [-0.3, -0.25) is 0 Å². The molecule has 6 nitrogen and oxygen atoms in total. The van der Waals surface area contributed by atoms with Crippen molar-refractivity contribution >= 4 is 6.03 Å². The minimum atomic E-state index is -0.563. The molecule has 1 unspecified atom stereocenters. The summed E-state index contributed by atoms with van der Waals surface area (Å²) >= 11 is 0. The Morgan fingerprint density at radius 3 is 3.31 bits per heavy atom.